The minimum Gasteiger partial charge on any atom is -0.390 e. The summed E-state index contributed by atoms with van der Waals surface area (Å²) in [6.07, 6.45) is 9.82. The van der Waals surface area contributed by atoms with Crippen molar-refractivity contribution in [1.29, 1.82) is 0 Å². The first-order valence-corrected chi connectivity index (χ1v) is 16.3. The SMILES string of the molecule is O=C(c1cc(NC2CCN(c3ccncn3)CC2)nc(N2CCCCC2)n1)N1CC[C@@H](N2CCc3ccccc3C2)[C@H](O)C1. The molecule has 7 rings (SSSR count). The number of fused-ring (bicyclic) bond motifs is 1. The molecule has 3 saturated heterocycles. The van der Waals surface area contributed by atoms with E-state index in [-0.39, 0.29) is 18.0 Å². The van der Waals surface area contributed by atoms with Gasteiger partial charge in [-0.05, 0) is 62.1 Å². The lowest BCUT2D eigenvalue weighted by molar-refractivity contribution is -0.0139. The zero-order valence-corrected chi connectivity index (χ0v) is 25.4. The molecular formula is C33H43N9O2. The zero-order chi connectivity index (χ0) is 29.9. The van der Waals surface area contributed by atoms with Crippen LogP contribution in [0.5, 0.6) is 0 Å². The number of aliphatic hydroxyl groups is 1. The third-order valence-electron chi connectivity index (χ3n) is 9.77. The highest BCUT2D eigenvalue weighted by atomic mass is 16.3. The predicted molar refractivity (Wildman–Crippen MR) is 170 cm³/mol. The zero-order valence-electron chi connectivity index (χ0n) is 25.4. The average Bonchev–Trinajstić information content (AvgIpc) is 3.08. The Balaban J connectivity index is 1.03. The van der Waals surface area contributed by atoms with Crippen molar-refractivity contribution in [2.45, 2.75) is 69.7 Å². The van der Waals surface area contributed by atoms with Crippen LogP contribution >= 0.6 is 0 Å². The van der Waals surface area contributed by atoms with Crippen molar-refractivity contribution in [2.75, 3.05) is 60.9 Å². The van der Waals surface area contributed by atoms with Crippen LogP contribution < -0.4 is 15.1 Å². The molecule has 2 atom stereocenters. The van der Waals surface area contributed by atoms with Gasteiger partial charge in [-0.3, -0.25) is 9.69 Å². The number of hydrogen-bond donors (Lipinski definition) is 2. The van der Waals surface area contributed by atoms with E-state index in [0.717, 1.165) is 83.6 Å². The van der Waals surface area contributed by atoms with Gasteiger partial charge in [-0.15, -0.1) is 0 Å². The van der Waals surface area contributed by atoms with Gasteiger partial charge in [-0.25, -0.2) is 15.0 Å². The molecule has 2 N–H and O–H groups in total. The first-order valence-electron chi connectivity index (χ1n) is 16.3. The minimum atomic E-state index is -0.598. The number of hydrogen-bond acceptors (Lipinski definition) is 10. The second-order valence-corrected chi connectivity index (χ2v) is 12.6. The van der Waals surface area contributed by atoms with Crippen molar-refractivity contribution in [1.82, 2.24) is 29.7 Å². The molecule has 0 saturated carbocycles. The summed E-state index contributed by atoms with van der Waals surface area (Å²) < 4.78 is 0. The van der Waals surface area contributed by atoms with Gasteiger partial charge in [0.15, 0.2) is 0 Å². The van der Waals surface area contributed by atoms with E-state index < -0.39 is 6.10 Å². The predicted octanol–water partition coefficient (Wildman–Crippen LogP) is 2.97. The fraction of sp³-hybridized carbons (Fsp3) is 0.545. The van der Waals surface area contributed by atoms with E-state index in [2.05, 4.69) is 54.2 Å². The fourth-order valence-electron chi connectivity index (χ4n) is 7.28. The van der Waals surface area contributed by atoms with Crippen molar-refractivity contribution in [3.05, 3.63) is 65.7 Å². The molecule has 4 aliphatic rings. The Labute approximate surface area is 259 Å². The maximum Gasteiger partial charge on any atom is 0.272 e. The molecule has 0 radical (unpaired) electrons. The normalized spacial score (nSPS) is 23.3. The highest BCUT2D eigenvalue weighted by Crippen LogP contribution is 2.27. The molecule has 0 unspecified atom stereocenters. The molecule has 1 amide bonds. The number of carbonyl (C=O) groups excluding carboxylic acids is 1. The molecular weight excluding hydrogens is 554 g/mol. The Bertz CT molecular complexity index is 1430. The van der Waals surface area contributed by atoms with E-state index in [1.54, 1.807) is 17.4 Å². The quantitative estimate of drug-likeness (QED) is 0.440. The Kier molecular flexibility index (Phi) is 8.56. The van der Waals surface area contributed by atoms with Crippen molar-refractivity contribution >= 4 is 23.5 Å². The molecule has 44 heavy (non-hydrogen) atoms. The minimum absolute atomic E-state index is 0.0483. The molecule has 232 valence electrons. The Hall–Kier alpha value is -3.83. The van der Waals surface area contributed by atoms with Crippen molar-refractivity contribution in [3.63, 3.8) is 0 Å². The van der Waals surface area contributed by atoms with Gasteiger partial charge >= 0.3 is 0 Å². The Morgan fingerprint density at radius 2 is 1.70 bits per heavy atom. The number of amides is 1. The maximum atomic E-state index is 13.9. The lowest BCUT2D eigenvalue weighted by Gasteiger charge is -2.43. The Morgan fingerprint density at radius 1 is 0.886 bits per heavy atom. The highest BCUT2D eigenvalue weighted by Gasteiger charge is 2.36. The van der Waals surface area contributed by atoms with Crippen molar-refractivity contribution in [2.24, 2.45) is 0 Å². The summed E-state index contributed by atoms with van der Waals surface area (Å²) in [5.74, 6) is 2.15. The van der Waals surface area contributed by atoms with Crippen LogP contribution in [-0.2, 0) is 13.0 Å². The number of nitrogens with zero attached hydrogens (tertiary/aromatic N) is 8. The van der Waals surface area contributed by atoms with E-state index in [9.17, 15) is 9.90 Å². The van der Waals surface area contributed by atoms with Crippen LogP contribution in [0.2, 0.25) is 0 Å². The van der Waals surface area contributed by atoms with Gasteiger partial charge in [0.25, 0.3) is 5.91 Å². The van der Waals surface area contributed by atoms with Crippen LogP contribution in [0.15, 0.2) is 48.9 Å². The number of aliphatic hydroxyl groups excluding tert-OH is 1. The maximum absolute atomic E-state index is 13.9. The molecule has 0 spiro atoms. The molecule has 0 aliphatic carbocycles. The third-order valence-corrected chi connectivity index (χ3v) is 9.77. The number of likely N-dealkylation sites (tertiary alicyclic amines) is 1. The molecule has 0 bridgehead atoms. The van der Waals surface area contributed by atoms with Gasteiger partial charge in [0.2, 0.25) is 5.95 Å². The summed E-state index contributed by atoms with van der Waals surface area (Å²) in [7, 11) is 0. The van der Waals surface area contributed by atoms with E-state index in [0.29, 0.717) is 30.5 Å². The van der Waals surface area contributed by atoms with E-state index in [4.69, 9.17) is 9.97 Å². The second kappa shape index (κ2) is 13.0. The standard InChI is InChI=1S/C33H43N9O2/c43-29-22-42(19-12-28(29)41-16-9-24-6-2-3-7-25(24)21-41)32(44)27-20-30(38-33(37-27)40-14-4-1-5-15-40)36-26-10-17-39(18-11-26)31-8-13-34-23-35-31/h2-3,6-8,13,20,23,26,28-29,43H,1,4-5,9-12,14-19,21-22H2,(H,36,37,38)/t28-,29-/m1/s1. The van der Waals surface area contributed by atoms with Crippen LogP contribution in [0.3, 0.4) is 0 Å². The first-order chi connectivity index (χ1) is 21.6. The summed E-state index contributed by atoms with van der Waals surface area (Å²) >= 11 is 0. The number of carbonyl (C=O) groups is 1. The average molecular weight is 598 g/mol. The second-order valence-electron chi connectivity index (χ2n) is 12.6. The molecule has 6 heterocycles. The van der Waals surface area contributed by atoms with Crippen molar-refractivity contribution in [3.8, 4) is 0 Å². The smallest absolute Gasteiger partial charge is 0.272 e. The van der Waals surface area contributed by atoms with Gasteiger partial charge in [-0.1, -0.05) is 24.3 Å². The molecule has 2 aromatic heterocycles. The molecule has 4 aliphatic heterocycles. The molecule has 11 nitrogen and oxygen atoms in total. The monoisotopic (exact) mass is 597 g/mol. The summed E-state index contributed by atoms with van der Waals surface area (Å²) in [4.78, 5) is 40.7. The summed E-state index contributed by atoms with van der Waals surface area (Å²) in [6, 6.07) is 12.6. The van der Waals surface area contributed by atoms with Crippen LogP contribution in [0, 0.1) is 0 Å². The van der Waals surface area contributed by atoms with E-state index >= 15 is 0 Å². The highest BCUT2D eigenvalue weighted by molar-refractivity contribution is 5.93. The number of rotatable bonds is 6. The van der Waals surface area contributed by atoms with Crippen LogP contribution in [0.4, 0.5) is 17.6 Å². The Morgan fingerprint density at radius 3 is 2.48 bits per heavy atom. The third kappa shape index (κ3) is 6.34. The van der Waals surface area contributed by atoms with Crippen LogP contribution in [0.1, 0.15) is 60.1 Å². The number of aromatic nitrogens is 4. The lowest BCUT2D eigenvalue weighted by atomic mass is 9.94. The van der Waals surface area contributed by atoms with E-state index in [1.165, 1.54) is 17.5 Å². The van der Waals surface area contributed by atoms with Gasteiger partial charge < -0.3 is 25.1 Å². The van der Waals surface area contributed by atoms with Crippen molar-refractivity contribution < 1.29 is 9.90 Å². The number of nitrogens with one attached hydrogen (secondary N) is 1. The number of β-amino-alcohol motifs (C(OH)–C–C–N with tert-alkyl or cyclic N) is 1. The summed E-state index contributed by atoms with van der Waals surface area (Å²) in [5.41, 5.74) is 3.15. The van der Waals surface area contributed by atoms with Gasteiger partial charge in [0.05, 0.1) is 6.10 Å². The van der Waals surface area contributed by atoms with Gasteiger partial charge in [-0.2, -0.15) is 4.98 Å². The van der Waals surface area contributed by atoms with E-state index in [1.807, 2.05) is 12.1 Å². The molecule has 11 heteroatoms. The van der Waals surface area contributed by atoms with Crippen LogP contribution in [-0.4, -0.2) is 105 Å². The summed E-state index contributed by atoms with van der Waals surface area (Å²) in [6.45, 7) is 6.28. The van der Waals surface area contributed by atoms with Gasteiger partial charge in [0.1, 0.15) is 23.7 Å². The first kappa shape index (κ1) is 28.9. The molecule has 3 aromatic rings. The van der Waals surface area contributed by atoms with Crippen LogP contribution in [0.25, 0.3) is 0 Å². The largest absolute Gasteiger partial charge is 0.390 e. The number of piperidine rings is 3. The fourth-order valence-corrected chi connectivity index (χ4v) is 7.28. The number of anilines is 3. The topological polar surface area (TPSA) is 114 Å². The lowest BCUT2D eigenvalue weighted by Crippen LogP contribution is -2.56. The van der Waals surface area contributed by atoms with Gasteiger partial charge in [0, 0.05) is 76.7 Å². The summed E-state index contributed by atoms with van der Waals surface area (Å²) in [5, 5.41) is 14.9. The molecule has 1 aromatic carbocycles. The number of benzene rings is 1. The molecule has 3 fully saturated rings.